The molecule has 1 aromatic rings. The summed E-state index contributed by atoms with van der Waals surface area (Å²) in [5.74, 6) is 0.0895. The molecule has 1 N–H and O–H groups in total. The Bertz CT molecular complexity index is 435. The average molecular weight is 244 g/mol. The van der Waals surface area contributed by atoms with E-state index in [9.17, 15) is 0 Å². The predicted octanol–water partition coefficient (Wildman–Crippen LogP) is 4.25. The Morgan fingerprint density at radius 1 is 1.33 bits per heavy atom. The summed E-state index contributed by atoms with van der Waals surface area (Å²) >= 11 is 0. The number of benzene rings is 1. The maximum atomic E-state index is 8.93. The van der Waals surface area contributed by atoms with E-state index in [-0.39, 0.29) is 11.3 Å². The molecule has 0 radical (unpaired) electrons. The average Bonchev–Trinajstić information content (AvgIpc) is 2.30. The van der Waals surface area contributed by atoms with Crippen LogP contribution < -0.4 is 5.32 Å². The minimum atomic E-state index is 0.0895. The summed E-state index contributed by atoms with van der Waals surface area (Å²) in [4.78, 5) is 0. The fourth-order valence-corrected chi connectivity index (χ4v) is 1.84. The second-order valence-corrected chi connectivity index (χ2v) is 5.89. The molecule has 1 rings (SSSR count). The summed E-state index contributed by atoms with van der Waals surface area (Å²) in [6.45, 7) is 11.5. The quantitative estimate of drug-likeness (QED) is 0.859. The van der Waals surface area contributed by atoms with Crippen LogP contribution >= 0.6 is 0 Å². The molecule has 0 aliphatic rings. The molecular formula is C16H24N2. The summed E-state index contributed by atoms with van der Waals surface area (Å²) in [5, 5.41) is 12.3. The zero-order valence-electron chi connectivity index (χ0n) is 12.2. The van der Waals surface area contributed by atoms with E-state index in [2.05, 4.69) is 57.3 Å². The first kappa shape index (κ1) is 14.6. The van der Waals surface area contributed by atoms with Crippen LogP contribution in [-0.4, -0.2) is 6.54 Å². The van der Waals surface area contributed by atoms with E-state index in [1.807, 2.05) is 6.92 Å². The highest BCUT2D eigenvalue weighted by molar-refractivity contribution is 5.53. The Labute approximate surface area is 111 Å². The van der Waals surface area contributed by atoms with Crippen molar-refractivity contribution in [3.05, 3.63) is 29.3 Å². The van der Waals surface area contributed by atoms with Crippen LogP contribution in [0.4, 0.5) is 5.69 Å². The minimum absolute atomic E-state index is 0.0895. The minimum Gasteiger partial charge on any atom is -0.384 e. The number of nitriles is 1. The molecule has 2 heteroatoms. The van der Waals surface area contributed by atoms with Gasteiger partial charge in [0, 0.05) is 12.2 Å². The lowest BCUT2D eigenvalue weighted by molar-refractivity contribution is 0.590. The van der Waals surface area contributed by atoms with Crippen molar-refractivity contribution in [3.63, 3.8) is 0 Å². The maximum Gasteiger partial charge on any atom is 0.0674 e. The van der Waals surface area contributed by atoms with E-state index < -0.39 is 0 Å². The van der Waals surface area contributed by atoms with Gasteiger partial charge < -0.3 is 5.32 Å². The molecule has 0 bridgehead atoms. The molecule has 0 heterocycles. The SMILES string of the molecule is CCC(C#N)CNc1ccc(C(C)(C)C)cc1C. The van der Waals surface area contributed by atoms with Gasteiger partial charge >= 0.3 is 0 Å². The number of hydrogen-bond donors (Lipinski definition) is 1. The Morgan fingerprint density at radius 2 is 2.00 bits per heavy atom. The van der Waals surface area contributed by atoms with Gasteiger partial charge in [0.25, 0.3) is 0 Å². The molecule has 0 saturated carbocycles. The van der Waals surface area contributed by atoms with Crippen molar-refractivity contribution in [1.29, 1.82) is 5.26 Å². The third kappa shape index (κ3) is 3.77. The van der Waals surface area contributed by atoms with Crippen LogP contribution in [0.5, 0.6) is 0 Å². The fourth-order valence-electron chi connectivity index (χ4n) is 1.84. The summed E-state index contributed by atoms with van der Waals surface area (Å²) in [7, 11) is 0. The number of rotatable bonds is 4. The second kappa shape index (κ2) is 5.91. The smallest absolute Gasteiger partial charge is 0.0674 e. The van der Waals surface area contributed by atoms with E-state index in [4.69, 9.17) is 5.26 Å². The van der Waals surface area contributed by atoms with E-state index in [1.165, 1.54) is 11.1 Å². The molecule has 0 fully saturated rings. The van der Waals surface area contributed by atoms with Crippen molar-refractivity contribution in [2.45, 2.75) is 46.5 Å². The van der Waals surface area contributed by atoms with E-state index in [0.29, 0.717) is 0 Å². The Kier molecular flexibility index (Phi) is 4.78. The number of nitrogens with zero attached hydrogens (tertiary/aromatic N) is 1. The van der Waals surface area contributed by atoms with Gasteiger partial charge in [-0.15, -0.1) is 0 Å². The van der Waals surface area contributed by atoms with E-state index in [1.54, 1.807) is 0 Å². The summed E-state index contributed by atoms with van der Waals surface area (Å²) < 4.78 is 0. The lowest BCUT2D eigenvalue weighted by Gasteiger charge is -2.21. The Balaban J connectivity index is 2.78. The standard InChI is InChI=1S/C16H24N2/c1-6-13(10-17)11-18-15-8-7-14(9-12(15)2)16(3,4)5/h7-9,13,18H,6,11H2,1-5H3. The molecule has 0 aromatic heterocycles. The second-order valence-electron chi connectivity index (χ2n) is 5.89. The van der Waals surface area contributed by atoms with Crippen molar-refractivity contribution in [1.82, 2.24) is 0 Å². The summed E-state index contributed by atoms with van der Waals surface area (Å²) in [6.07, 6.45) is 0.891. The number of hydrogen-bond acceptors (Lipinski definition) is 2. The van der Waals surface area contributed by atoms with Gasteiger partial charge in [0.2, 0.25) is 0 Å². The molecule has 98 valence electrons. The van der Waals surface area contributed by atoms with Crippen LogP contribution in [0, 0.1) is 24.2 Å². The van der Waals surface area contributed by atoms with Crippen LogP contribution in [0.15, 0.2) is 18.2 Å². The van der Waals surface area contributed by atoms with Crippen LogP contribution in [0.2, 0.25) is 0 Å². The first-order valence-electron chi connectivity index (χ1n) is 6.63. The lowest BCUT2D eigenvalue weighted by Crippen LogP contribution is -2.14. The van der Waals surface area contributed by atoms with Crippen molar-refractivity contribution < 1.29 is 0 Å². The first-order chi connectivity index (χ1) is 8.38. The van der Waals surface area contributed by atoms with Gasteiger partial charge in [0.1, 0.15) is 0 Å². The van der Waals surface area contributed by atoms with Gasteiger partial charge in [0.15, 0.2) is 0 Å². The van der Waals surface area contributed by atoms with Gasteiger partial charge in [-0.25, -0.2) is 0 Å². The number of anilines is 1. The normalized spacial score (nSPS) is 12.9. The van der Waals surface area contributed by atoms with Gasteiger partial charge in [-0.3, -0.25) is 0 Å². The van der Waals surface area contributed by atoms with Gasteiger partial charge in [-0.05, 0) is 36.0 Å². The summed E-state index contributed by atoms with van der Waals surface area (Å²) in [6, 6.07) is 8.84. The summed E-state index contributed by atoms with van der Waals surface area (Å²) in [5.41, 5.74) is 3.91. The van der Waals surface area contributed by atoms with Gasteiger partial charge in [0.05, 0.1) is 12.0 Å². The third-order valence-electron chi connectivity index (χ3n) is 3.31. The third-order valence-corrected chi connectivity index (χ3v) is 3.31. The molecule has 0 aliphatic heterocycles. The largest absolute Gasteiger partial charge is 0.384 e. The molecule has 1 unspecified atom stereocenters. The molecular weight excluding hydrogens is 220 g/mol. The molecule has 2 nitrogen and oxygen atoms in total. The number of nitrogens with one attached hydrogen (secondary N) is 1. The van der Waals surface area contributed by atoms with Crippen molar-refractivity contribution >= 4 is 5.69 Å². The molecule has 1 atom stereocenters. The van der Waals surface area contributed by atoms with Crippen LogP contribution in [-0.2, 0) is 5.41 Å². The topological polar surface area (TPSA) is 35.8 Å². The van der Waals surface area contributed by atoms with E-state index in [0.717, 1.165) is 18.7 Å². The fraction of sp³-hybridized carbons (Fsp3) is 0.562. The number of aryl methyl sites for hydroxylation is 1. The molecule has 1 aromatic carbocycles. The molecule has 0 saturated heterocycles. The van der Waals surface area contributed by atoms with Crippen molar-refractivity contribution in [3.8, 4) is 6.07 Å². The maximum absolute atomic E-state index is 8.93. The van der Waals surface area contributed by atoms with Gasteiger partial charge in [-0.1, -0.05) is 39.8 Å². The van der Waals surface area contributed by atoms with Gasteiger partial charge in [-0.2, -0.15) is 5.26 Å². The molecule has 0 amide bonds. The monoisotopic (exact) mass is 244 g/mol. The van der Waals surface area contributed by atoms with Crippen molar-refractivity contribution in [2.24, 2.45) is 5.92 Å². The highest BCUT2D eigenvalue weighted by atomic mass is 14.9. The Morgan fingerprint density at radius 3 is 2.44 bits per heavy atom. The van der Waals surface area contributed by atoms with Crippen LogP contribution in [0.25, 0.3) is 0 Å². The molecule has 18 heavy (non-hydrogen) atoms. The van der Waals surface area contributed by atoms with E-state index >= 15 is 0 Å². The van der Waals surface area contributed by atoms with Crippen molar-refractivity contribution in [2.75, 3.05) is 11.9 Å². The van der Waals surface area contributed by atoms with Crippen LogP contribution in [0.3, 0.4) is 0 Å². The molecule has 0 aliphatic carbocycles. The first-order valence-corrected chi connectivity index (χ1v) is 6.63. The zero-order valence-corrected chi connectivity index (χ0v) is 12.2. The molecule has 0 spiro atoms. The lowest BCUT2D eigenvalue weighted by atomic mass is 9.86. The highest BCUT2D eigenvalue weighted by Gasteiger charge is 2.14. The zero-order chi connectivity index (χ0) is 13.8. The van der Waals surface area contributed by atoms with Crippen LogP contribution in [0.1, 0.15) is 45.2 Å². The Hall–Kier alpha value is -1.49. The predicted molar refractivity (Wildman–Crippen MR) is 77.8 cm³/mol. The highest BCUT2D eigenvalue weighted by Crippen LogP contribution is 2.26.